The number of carbonyl (C=O) groups excluding carboxylic acids is 2. The van der Waals surface area contributed by atoms with Crippen LogP contribution in [0.4, 0.5) is 0 Å². The van der Waals surface area contributed by atoms with Gasteiger partial charge in [0.15, 0.2) is 12.1 Å². The number of rotatable bonds is 50. The third-order valence-electron chi connectivity index (χ3n) is 12.5. The second-order valence-electron chi connectivity index (χ2n) is 19.8. The number of aliphatic carboxylic acids is 1. The summed E-state index contributed by atoms with van der Waals surface area (Å²) in [5, 5.41) is 9.67. The van der Waals surface area contributed by atoms with E-state index in [2.05, 4.69) is 62.5 Å². The SMILES string of the molecule is CC/C=C/C/C=C/C/C=C/CCCCCCCCCCCCCC(=O)OCC(COCCC(C(=O)O)[N+](C)(C)C)OC(=O)CCCCCCCCC/C=C/CCCCCCCCCCCC. The average molecular weight is 929 g/mol. The molecule has 0 saturated heterocycles. The molecule has 384 valence electrons. The summed E-state index contributed by atoms with van der Waals surface area (Å²) in [5.74, 6) is -1.46. The molecule has 0 aliphatic carbocycles. The van der Waals surface area contributed by atoms with Gasteiger partial charge >= 0.3 is 17.9 Å². The zero-order valence-corrected chi connectivity index (χ0v) is 43.9. The van der Waals surface area contributed by atoms with E-state index in [0.29, 0.717) is 19.3 Å². The van der Waals surface area contributed by atoms with Crippen LogP contribution in [-0.2, 0) is 28.6 Å². The van der Waals surface area contributed by atoms with Crippen LogP contribution in [0.25, 0.3) is 0 Å². The number of hydrogen-bond acceptors (Lipinski definition) is 6. The summed E-state index contributed by atoms with van der Waals surface area (Å²) < 4.78 is 17.4. The number of nitrogens with zero attached hydrogens (tertiary/aromatic N) is 1. The molecule has 0 amide bonds. The first-order valence-corrected chi connectivity index (χ1v) is 27.7. The maximum absolute atomic E-state index is 12.8. The average Bonchev–Trinajstić information content (AvgIpc) is 3.28. The number of hydrogen-bond donors (Lipinski definition) is 1. The van der Waals surface area contributed by atoms with Gasteiger partial charge in [-0.25, -0.2) is 4.79 Å². The molecule has 0 rings (SSSR count). The Bertz CT molecular complexity index is 1220. The maximum atomic E-state index is 12.8. The minimum atomic E-state index is -0.874. The second kappa shape index (κ2) is 48.7. The summed E-state index contributed by atoms with van der Waals surface area (Å²) in [6.45, 7) is 4.66. The number of ether oxygens (including phenoxy) is 3. The molecule has 0 radical (unpaired) electrons. The van der Waals surface area contributed by atoms with Crippen LogP contribution in [0.1, 0.15) is 251 Å². The van der Waals surface area contributed by atoms with Crippen LogP contribution in [0.15, 0.2) is 48.6 Å². The highest BCUT2D eigenvalue weighted by Gasteiger charge is 2.31. The number of carboxylic acids is 1. The number of carbonyl (C=O) groups is 3. The maximum Gasteiger partial charge on any atom is 0.362 e. The van der Waals surface area contributed by atoms with Crippen molar-refractivity contribution in [2.75, 3.05) is 41.0 Å². The number of unbranched alkanes of at least 4 members (excludes halogenated alkanes) is 28. The molecule has 0 aliphatic heterocycles. The van der Waals surface area contributed by atoms with Crippen LogP contribution >= 0.6 is 0 Å². The highest BCUT2D eigenvalue weighted by molar-refractivity contribution is 5.72. The lowest BCUT2D eigenvalue weighted by Crippen LogP contribution is -2.50. The van der Waals surface area contributed by atoms with Gasteiger partial charge in [0.1, 0.15) is 6.61 Å². The van der Waals surface area contributed by atoms with Gasteiger partial charge in [0.05, 0.1) is 34.4 Å². The minimum absolute atomic E-state index is 0.0531. The Morgan fingerprint density at radius 1 is 0.470 bits per heavy atom. The lowest BCUT2D eigenvalue weighted by Gasteiger charge is -2.31. The molecule has 0 saturated carbocycles. The molecule has 0 bridgehead atoms. The molecule has 0 aromatic heterocycles. The topological polar surface area (TPSA) is 99.1 Å². The first kappa shape index (κ1) is 63.3. The van der Waals surface area contributed by atoms with Gasteiger partial charge in [-0.15, -0.1) is 0 Å². The van der Waals surface area contributed by atoms with E-state index in [-0.39, 0.29) is 36.2 Å². The fraction of sp³-hybridized carbons (Fsp3) is 0.810. The van der Waals surface area contributed by atoms with Crippen LogP contribution < -0.4 is 0 Å². The number of likely N-dealkylation sites (N-methyl/N-ethyl adjacent to an activating group) is 1. The summed E-state index contributed by atoms with van der Waals surface area (Å²) >= 11 is 0. The van der Waals surface area contributed by atoms with Gasteiger partial charge < -0.3 is 23.8 Å². The predicted octanol–water partition coefficient (Wildman–Crippen LogP) is 16.3. The van der Waals surface area contributed by atoms with Crippen LogP contribution in [0.3, 0.4) is 0 Å². The monoisotopic (exact) mass is 929 g/mol. The molecule has 1 N–H and O–H groups in total. The molecule has 0 aromatic carbocycles. The summed E-state index contributed by atoms with van der Waals surface area (Å²) in [5.41, 5.74) is 0. The standard InChI is InChI=1S/C58H105NO7/c1-6-8-10-12-14-16-18-20-22-24-26-28-30-32-34-36-38-40-42-44-46-48-56(60)65-53-54(52-64-51-50-55(58(62)63)59(3,4)5)66-57(61)49-47-45-43-41-39-37-35-33-31-29-27-25-23-21-19-17-15-13-11-9-7-2/h8,10,14,16,20,22,29,31,54-55H,6-7,9,11-13,15,17-19,21,23-28,30,32-53H2,1-5H3/p+1/b10-8+,16-14+,22-20+,31-29+. The molecule has 0 aliphatic rings. The van der Waals surface area contributed by atoms with E-state index in [4.69, 9.17) is 14.2 Å². The number of allylic oxidation sites excluding steroid dienone is 8. The van der Waals surface area contributed by atoms with Gasteiger partial charge in [-0.1, -0.05) is 210 Å². The molecule has 8 heteroatoms. The normalized spacial score (nSPS) is 13.2. The fourth-order valence-electron chi connectivity index (χ4n) is 8.22. The Kier molecular flexibility index (Phi) is 46.7. The van der Waals surface area contributed by atoms with E-state index in [1.807, 2.05) is 21.1 Å². The summed E-state index contributed by atoms with van der Waals surface area (Å²) in [6.07, 6.45) is 60.2. The Morgan fingerprint density at radius 3 is 1.27 bits per heavy atom. The first-order chi connectivity index (χ1) is 32.1. The van der Waals surface area contributed by atoms with E-state index in [1.165, 1.54) is 161 Å². The van der Waals surface area contributed by atoms with Gasteiger partial charge in [-0.3, -0.25) is 9.59 Å². The van der Waals surface area contributed by atoms with Gasteiger partial charge in [-0.2, -0.15) is 0 Å². The van der Waals surface area contributed by atoms with E-state index >= 15 is 0 Å². The quantitative estimate of drug-likeness (QED) is 0.0281. The molecule has 0 heterocycles. The second-order valence-corrected chi connectivity index (χ2v) is 19.8. The molecule has 2 atom stereocenters. The molecule has 0 aromatic rings. The third kappa shape index (κ3) is 46.4. The molecule has 0 fully saturated rings. The van der Waals surface area contributed by atoms with Crippen LogP contribution in [0, 0.1) is 0 Å². The van der Waals surface area contributed by atoms with Crippen molar-refractivity contribution in [2.45, 2.75) is 264 Å². The van der Waals surface area contributed by atoms with Crippen molar-refractivity contribution in [3.05, 3.63) is 48.6 Å². The largest absolute Gasteiger partial charge is 0.477 e. The summed E-state index contributed by atoms with van der Waals surface area (Å²) in [6, 6.07) is -0.617. The summed E-state index contributed by atoms with van der Waals surface area (Å²) in [4.78, 5) is 37.2. The van der Waals surface area contributed by atoms with Gasteiger partial charge in [0.25, 0.3) is 0 Å². The molecule has 0 spiro atoms. The molecule has 8 nitrogen and oxygen atoms in total. The predicted molar refractivity (Wildman–Crippen MR) is 280 cm³/mol. The molecular weight excluding hydrogens is 823 g/mol. The minimum Gasteiger partial charge on any atom is -0.477 e. The van der Waals surface area contributed by atoms with E-state index < -0.39 is 18.1 Å². The highest BCUT2D eigenvalue weighted by Crippen LogP contribution is 2.16. The van der Waals surface area contributed by atoms with E-state index in [0.717, 1.165) is 57.8 Å². The third-order valence-corrected chi connectivity index (χ3v) is 12.5. The Morgan fingerprint density at radius 2 is 0.848 bits per heavy atom. The van der Waals surface area contributed by atoms with Crippen molar-refractivity contribution < 1.29 is 38.2 Å². The molecular formula is C58H106NO7+. The van der Waals surface area contributed by atoms with Crippen LogP contribution in [0.5, 0.6) is 0 Å². The Labute approximate surface area is 407 Å². The summed E-state index contributed by atoms with van der Waals surface area (Å²) in [7, 11) is 5.54. The smallest absolute Gasteiger partial charge is 0.362 e. The lowest BCUT2D eigenvalue weighted by molar-refractivity contribution is -0.887. The van der Waals surface area contributed by atoms with E-state index in [9.17, 15) is 19.5 Å². The van der Waals surface area contributed by atoms with Crippen molar-refractivity contribution >= 4 is 17.9 Å². The number of carboxylic acid groups (broad SMARTS) is 1. The Hall–Kier alpha value is -2.71. The Balaban J connectivity index is 4.19. The van der Waals surface area contributed by atoms with Gasteiger partial charge in [0.2, 0.25) is 0 Å². The van der Waals surface area contributed by atoms with Crippen molar-refractivity contribution in [1.82, 2.24) is 0 Å². The van der Waals surface area contributed by atoms with Crippen LogP contribution in [0.2, 0.25) is 0 Å². The zero-order chi connectivity index (χ0) is 48.4. The van der Waals surface area contributed by atoms with Crippen molar-refractivity contribution in [3.8, 4) is 0 Å². The lowest BCUT2D eigenvalue weighted by atomic mass is 10.0. The van der Waals surface area contributed by atoms with E-state index in [1.54, 1.807) is 0 Å². The number of esters is 2. The van der Waals surface area contributed by atoms with Crippen molar-refractivity contribution in [3.63, 3.8) is 0 Å². The van der Waals surface area contributed by atoms with Crippen LogP contribution in [-0.4, -0.2) is 80.6 Å². The molecule has 2 unspecified atom stereocenters. The number of quaternary nitrogens is 1. The molecule has 66 heavy (non-hydrogen) atoms. The fourth-order valence-corrected chi connectivity index (χ4v) is 8.22. The van der Waals surface area contributed by atoms with Gasteiger partial charge in [0, 0.05) is 19.3 Å². The van der Waals surface area contributed by atoms with Crippen molar-refractivity contribution in [2.24, 2.45) is 0 Å². The zero-order valence-electron chi connectivity index (χ0n) is 43.9. The van der Waals surface area contributed by atoms with Gasteiger partial charge in [-0.05, 0) is 70.6 Å². The highest BCUT2D eigenvalue weighted by atomic mass is 16.6. The van der Waals surface area contributed by atoms with Crippen molar-refractivity contribution in [1.29, 1.82) is 0 Å². The first-order valence-electron chi connectivity index (χ1n) is 27.7.